The first-order valence-electron chi connectivity index (χ1n) is 13.0. The van der Waals surface area contributed by atoms with Crippen molar-refractivity contribution in [3.05, 3.63) is 64.5 Å². The van der Waals surface area contributed by atoms with Gasteiger partial charge in [0.25, 0.3) is 11.5 Å². The zero-order valence-corrected chi connectivity index (χ0v) is 21.4. The molecule has 0 spiro atoms. The second-order valence-electron chi connectivity index (χ2n) is 9.41. The first-order valence-corrected chi connectivity index (χ1v) is 14.1. The highest BCUT2D eigenvalue weighted by Crippen LogP contribution is 2.33. The number of unbranched alkanes of at least 4 members (excludes halogenated alkanes) is 1. The summed E-state index contributed by atoms with van der Waals surface area (Å²) in [5.74, 6) is 1.60. The van der Waals surface area contributed by atoms with Crippen molar-refractivity contribution in [3.8, 4) is 5.75 Å². The Morgan fingerprint density at radius 1 is 1.22 bits per heavy atom. The topological polar surface area (TPSA) is 84.7 Å². The van der Waals surface area contributed by atoms with Crippen molar-refractivity contribution in [3.63, 3.8) is 0 Å². The van der Waals surface area contributed by atoms with E-state index in [9.17, 15) is 9.59 Å². The Kier molecular flexibility index (Phi) is 8.36. The average Bonchev–Trinajstić information content (AvgIpc) is 3.60. The molecule has 3 aliphatic rings. The lowest BCUT2D eigenvalue weighted by atomic mass is 9.98. The number of ether oxygens (including phenoxy) is 1. The number of carbonyl (C=O) groups is 1. The van der Waals surface area contributed by atoms with E-state index >= 15 is 0 Å². The molecule has 190 valence electrons. The van der Waals surface area contributed by atoms with E-state index < -0.39 is 0 Å². The summed E-state index contributed by atoms with van der Waals surface area (Å²) < 4.78 is 7.25. The van der Waals surface area contributed by atoms with Crippen molar-refractivity contribution < 1.29 is 9.53 Å². The zero-order valence-electron chi connectivity index (χ0n) is 20.6. The Morgan fingerprint density at radius 3 is 3.03 bits per heavy atom. The molecule has 0 bridgehead atoms. The fourth-order valence-corrected chi connectivity index (χ4v) is 6.14. The van der Waals surface area contributed by atoms with Gasteiger partial charge in [0, 0.05) is 29.7 Å². The van der Waals surface area contributed by atoms with Crippen LogP contribution in [0.15, 0.2) is 63.9 Å². The van der Waals surface area contributed by atoms with Gasteiger partial charge < -0.3 is 15.4 Å². The molecule has 1 aliphatic carbocycles. The minimum absolute atomic E-state index is 0.186. The maximum Gasteiger partial charge on any atom is 0.257 e. The van der Waals surface area contributed by atoms with Crippen LogP contribution in [0, 0.1) is 0 Å². The molecule has 0 saturated carbocycles. The second-order valence-corrected chi connectivity index (χ2v) is 10.6. The highest BCUT2D eigenvalue weighted by atomic mass is 32.2. The summed E-state index contributed by atoms with van der Waals surface area (Å²) in [4.78, 5) is 30.3. The summed E-state index contributed by atoms with van der Waals surface area (Å²) in [6.07, 6.45) is 11.5. The van der Waals surface area contributed by atoms with Crippen LogP contribution in [0.3, 0.4) is 0 Å². The molecule has 2 aliphatic heterocycles. The number of aliphatic imine (C=N–C) groups is 1. The highest BCUT2D eigenvalue weighted by molar-refractivity contribution is 8.00. The van der Waals surface area contributed by atoms with Crippen molar-refractivity contribution >= 4 is 34.3 Å². The van der Waals surface area contributed by atoms with Gasteiger partial charge in [-0.3, -0.25) is 14.6 Å². The summed E-state index contributed by atoms with van der Waals surface area (Å²) in [5.41, 5.74) is 2.89. The molecule has 8 heteroatoms. The molecule has 7 nitrogen and oxygen atoms in total. The molecular formula is C28H34N4O3S. The molecule has 2 unspecified atom stereocenters. The van der Waals surface area contributed by atoms with E-state index in [-0.39, 0.29) is 17.5 Å². The number of benzene rings is 1. The predicted octanol–water partition coefficient (Wildman–Crippen LogP) is 3.59. The fourth-order valence-electron chi connectivity index (χ4n) is 4.99. The lowest BCUT2D eigenvalue weighted by Crippen LogP contribution is -2.39. The van der Waals surface area contributed by atoms with Crippen LogP contribution in [0.2, 0.25) is 0 Å². The Morgan fingerprint density at radius 2 is 2.14 bits per heavy atom. The molecule has 5 rings (SSSR count). The molecule has 1 saturated heterocycles. The second kappa shape index (κ2) is 12.0. The van der Waals surface area contributed by atoms with E-state index in [2.05, 4.69) is 28.9 Å². The van der Waals surface area contributed by atoms with E-state index in [4.69, 9.17) is 9.73 Å². The van der Waals surface area contributed by atoms with Crippen LogP contribution in [0.4, 0.5) is 0 Å². The number of fused-ring (bicyclic) bond motifs is 2. The maximum absolute atomic E-state index is 13.0. The third kappa shape index (κ3) is 5.82. The van der Waals surface area contributed by atoms with Gasteiger partial charge in [-0.1, -0.05) is 12.2 Å². The fraction of sp³-hybridized carbons (Fsp3) is 0.464. The van der Waals surface area contributed by atoms with Crippen LogP contribution in [0.25, 0.3) is 10.9 Å². The van der Waals surface area contributed by atoms with Crippen LogP contribution in [0.5, 0.6) is 5.75 Å². The van der Waals surface area contributed by atoms with Gasteiger partial charge in [-0.2, -0.15) is 0 Å². The van der Waals surface area contributed by atoms with Gasteiger partial charge >= 0.3 is 0 Å². The highest BCUT2D eigenvalue weighted by Gasteiger charge is 2.26. The van der Waals surface area contributed by atoms with Gasteiger partial charge in [-0.05, 0) is 80.4 Å². The normalized spacial score (nSPS) is 22.2. The van der Waals surface area contributed by atoms with Crippen molar-refractivity contribution in [2.45, 2.75) is 43.4 Å². The summed E-state index contributed by atoms with van der Waals surface area (Å²) in [5, 5.41) is 8.12. The molecule has 1 aromatic carbocycles. The quantitative estimate of drug-likeness (QED) is 0.479. The molecule has 2 atom stereocenters. The Balaban J connectivity index is 1.06. The summed E-state index contributed by atoms with van der Waals surface area (Å²) in [6.45, 7) is 3.98. The minimum atomic E-state index is -0.299. The number of nitrogens with zero attached hydrogens (tertiary/aromatic N) is 2. The molecular weight excluding hydrogens is 472 g/mol. The van der Waals surface area contributed by atoms with E-state index in [0.29, 0.717) is 23.1 Å². The number of carbonyl (C=O) groups excluding carboxylic acids is 1. The molecule has 1 aromatic heterocycles. The average molecular weight is 507 g/mol. The van der Waals surface area contributed by atoms with Gasteiger partial charge in [0.15, 0.2) is 0 Å². The molecule has 2 N–H and O–H groups in total. The molecule has 0 amide bonds. The van der Waals surface area contributed by atoms with Gasteiger partial charge in [0.1, 0.15) is 5.75 Å². The van der Waals surface area contributed by atoms with Gasteiger partial charge in [-0.15, -0.1) is 11.8 Å². The zero-order chi connectivity index (χ0) is 24.7. The van der Waals surface area contributed by atoms with Crippen molar-refractivity contribution in [1.29, 1.82) is 0 Å². The minimum Gasteiger partial charge on any atom is -0.494 e. The number of hydrogen-bond donors (Lipinski definition) is 2. The number of pyridine rings is 1. The Bertz CT molecular complexity index is 1240. The predicted molar refractivity (Wildman–Crippen MR) is 148 cm³/mol. The van der Waals surface area contributed by atoms with Crippen LogP contribution < -0.4 is 20.9 Å². The number of allylic oxidation sites excluding steroid dienone is 2. The van der Waals surface area contributed by atoms with Gasteiger partial charge in [-0.25, -0.2) is 4.57 Å². The SMILES string of the molecule is O=C(C1CCCN1)n1c(=O)ccc2ccc(OCCCCNCCN=C3C=CCC4SCC=C34)cc21. The summed E-state index contributed by atoms with van der Waals surface area (Å²) >= 11 is 2.01. The lowest BCUT2D eigenvalue weighted by molar-refractivity contribution is 0.0871. The molecule has 1 fully saturated rings. The van der Waals surface area contributed by atoms with E-state index in [0.717, 1.165) is 75.1 Å². The third-order valence-corrected chi connectivity index (χ3v) is 8.11. The first kappa shape index (κ1) is 25.0. The van der Waals surface area contributed by atoms with Crippen LogP contribution in [-0.2, 0) is 0 Å². The van der Waals surface area contributed by atoms with Crippen molar-refractivity contribution in [2.75, 3.05) is 38.5 Å². The van der Waals surface area contributed by atoms with E-state index in [1.807, 2.05) is 30.0 Å². The van der Waals surface area contributed by atoms with E-state index in [1.54, 1.807) is 6.07 Å². The van der Waals surface area contributed by atoms with Gasteiger partial charge in [0.2, 0.25) is 0 Å². The Labute approximate surface area is 216 Å². The lowest BCUT2D eigenvalue weighted by Gasteiger charge is -2.17. The number of aromatic nitrogens is 1. The van der Waals surface area contributed by atoms with Crippen LogP contribution in [-0.4, -0.2) is 66.0 Å². The van der Waals surface area contributed by atoms with Gasteiger partial charge in [0.05, 0.1) is 30.4 Å². The summed E-state index contributed by atoms with van der Waals surface area (Å²) in [6, 6.07) is 8.53. The van der Waals surface area contributed by atoms with Crippen molar-refractivity contribution in [2.24, 2.45) is 4.99 Å². The standard InChI is InChI=1S/C28H34N4O3S/c33-27-11-9-20-8-10-21(19-25(20)32(27)28(34)24-6-4-14-30-24)35-17-2-1-13-29-15-16-31-23-5-3-7-26-22(23)12-18-36-26/h3,5,8-12,19,24,26,29-30H,1-2,4,6-7,13-18H2. The van der Waals surface area contributed by atoms with E-state index in [1.165, 1.54) is 16.2 Å². The maximum atomic E-state index is 13.0. The van der Waals surface area contributed by atoms with Crippen LogP contribution >= 0.6 is 11.8 Å². The van der Waals surface area contributed by atoms with Crippen LogP contribution in [0.1, 0.15) is 36.9 Å². The molecule has 36 heavy (non-hydrogen) atoms. The number of hydrogen-bond acceptors (Lipinski definition) is 7. The first-order chi connectivity index (χ1) is 17.7. The smallest absolute Gasteiger partial charge is 0.257 e. The summed E-state index contributed by atoms with van der Waals surface area (Å²) in [7, 11) is 0. The number of rotatable bonds is 10. The van der Waals surface area contributed by atoms with Crippen molar-refractivity contribution in [1.82, 2.24) is 15.2 Å². The monoisotopic (exact) mass is 506 g/mol. The number of thioether (sulfide) groups is 1. The molecule has 3 heterocycles. The molecule has 0 radical (unpaired) electrons. The largest absolute Gasteiger partial charge is 0.494 e. The number of nitrogens with one attached hydrogen (secondary N) is 2. The molecule has 2 aromatic rings. The Hall–Kier alpha value is -2.68. The third-order valence-electron chi connectivity index (χ3n) is 6.90.